The summed E-state index contributed by atoms with van der Waals surface area (Å²) in [5, 5.41) is 14.4. The molecule has 1 aliphatic carbocycles. The lowest BCUT2D eigenvalue weighted by Gasteiger charge is -2.20. The van der Waals surface area contributed by atoms with E-state index < -0.39 is 6.10 Å². The Balaban J connectivity index is 2.09. The number of hydrogen-bond donors (Lipinski definition) is 3. The molecule has 0 aromatic carbocycles. The third-order valence-corrected chi connectivity index (χ3v) is 3.22. The van der Waals surface area contributed by atoms with E-state index in [4.69, 9.17) is 5.11 Å². The number of hydrogen-bond acceptors (Lipinski definition) is 3. The Labute approximate surface area is 108 Å². The van der Waals surface area contributed by atoms with Gasteiger partial charge in [0.05, 0.1) is 6.10 Å². The summed E-state index contributed by atoms with van der Waals surface area (Å²) in [6.45, 7) is 2.25. The maximum absolute atomic E-state index is 11.8. The molecule has 0 aromatic rings. The van der Waals surface area contributed by atoms with E-state index in [9.17, 15) is 9.59 Å². The first-order chi connectivity index (χ1) is 8.59. The maximum Gasteiger partial charge on any atom is 0.223 e. The van der Waals surface area contributed by atoms with Crippen molar-refractivity contribution >= 4 is 11.8 Å². The lowest BCUT2D eigenvalue weighted by Crippen LogP contribution is -2.36. The molecule has 0 radical (unpaired) electrons. The summed E-state index contributed by atoms with van der Waals surface area (Å²) in [5.74, 6) is 0.0807. The Kier molecular flexibility index (Phi) is 6.72. The van der Waals surface area contributed by atoms with Gasteiger partial charge in [-0.1, -0.05) is 19.3 Å². The second-order valence-electron chi connectivity index (χ2n) is 5.03. The SMILES string of the molecule is CC(O)CNC(=O)CCNC(=O)C1CCCCC1. The average molecular weight is 256 g/mol. The van der Waals surface area contributed by atoms with E-state index in [1.165, 1.54) is 6.42 Å². The van der Waals surface area contributed by atoms with Crippen LogP contribution in [0.4, 0.5) is 0 Å². The molecule has 104 valence electrons. The fourth-order valence-corrected chi connectivity index (χ4v) is 2.16. The van der Waals surface area contributed by atoms with Gasteiger partial charge in [0.1, 0.15) is 0 Å². The van der Waals surface area contributed by atoms with Gasteiger partial charge in [0.25, 0.3) is 0 Å². The molecule has 0 saturated heterocycles. The molecule has 2 amide bonds. The molecule has 1 fully saturated rings. The molecule has 0 aromatic heterocycles. The lowest BCUT2D eigenvalue weighted by atomic mass is 9.89. The second-order valence-corrected chi connectivity index (χ2v) is 5.03. The second kappa shape index (κ2) is 8.08. The largest absolute Gasteiger partial charge is 0.392 e. The van der Waals surface area contributed by atoms with Gasteiger partial charge in [-0.15, -0.1) is 0 Å². The van der Waals surface area contributed by atoms with Crippen molar-refractivity contribution in [2.24, 2.45) is 5.92 Å². The van der Waals surface area contributed by atoms with Gasteiger partial charge < -0.3 is 15.7 Å². The minimum Gasteiger partial charge on any atom is -0.392 e. The zero-order valence-corrected chi connectivity index (χ0v) is 11.1. The molecule has 1 aliphatic rings. The summed E-state index contributed by atoms with van der Waals surface area (Å²) < 4.78 is 0. The number of rotatable bonds is 6. The Morgan fingerprint density at radius 2 is 1.89 bits per heavy atom. The first kappa shape index (κ1) is 15.0. The van der Waals surface area contributed by atoms with Crippen LogP contribution in [-0.4, -0.2) is 36.1 Å². The Morgan fingerprint density at radius 3 is 2.50 bits per heavy atom. The monoisotopic (exact) mass is 256 g/mol. The lowest BCUT2D eigenvalue weighted by molar-refractivity contribution is -0.126. The normalized spacial score (nSPS) is 18.1. The highest BCUT2D eigenvalue weighted by atomic mass is 16.3. The molecule has 1 unspecified atom stereocenters. The van der Waals surface area contributed by atoms with Crippen molar-refractivity contribution in [3.05, 3.63) is 0 Å². The van der Waals surface area contributed by atoms with Crippen molar-refractivity contribution in [1.29, 1.82) is 0 Å². The minimum absolute atomic E-state index is 0.0815. The molecule has 0 spiro atoms. The van der Waals surface area contributed by atoms with Crippen molar-refractivity contribution in [3.8, 4) is 0 Å². The number of amides is 2. The average Bonchev–Trinajstić information content (AvgIpc) is 2.37. The number of carbonyl (C=O) groups is 2. The molecule has 0 aliphatic heterocycles. The van der Waals surface area contributed by atoms with Crippen LogP contribution < -0.4 is 10.6 Å². The molecule has 1 rings (SSSR count). The smallest absolute Gasteiger partial charge is 0.223 e. The summed E-state index contributed by atoms with van der Waals surface area (Å²) in [4.78, 5) is 23.1. The van der Waals surface area contributed by atoms with Crippen LogP contribution in [-0.2, 0) is 9.59 Å². The number of nitrogens with one attached hydrogen (secondary N) is 2. The third kappa shape index (κ3) is 6.00. The highest BCUT2D eigenvalue weighted by Crippen LogP contribution is 2.23. The summed E-state index contributed by atoms with van der Waals surface area (Å²) in [5.41, 5.74) is 0. The fraction of sp³-hybridized carbons (Fsp3) is 0.846. The van der Waals surface area contributed by atoms with E-state index in [1.54, 1.807) is 6.92 Å². The maximum atomic E-state index is 11.8. The van der Waals surface area contributed by atoms with Crippen LogP contribution in [0.15, 0.2) is 0 Å². The van der Waals surface area contributed by atoms with Crippen molar-refractivity contribution in [1.82, 2.24) is 10.6 Å². The van der Waals surface area contributed by atoms with Crippen LogP contribution in [0.3, 0.4) is 0 Å². The number of aliphatic hydroxyl groups excluding tert-OH is 1. The van der Waals surface area contributed by atoms with E-state index in [2.05, 4.69) is 10.6 Å². The van der Waals surface area contributed by atoms with Gasteiger partial charge in [-0.2, -0.15) is 0 Å². The van der Waals surface area contributed by atoms with Crippen LogP contribution in [0.2, 0.25) is 0 Å². The van der Waals surface area contributed by atoms with Gasteiger partial charge in [-0.25, -0.2) is 0 Å². The third-order valence-electron chi connectivity index (χ3n) is 3.22. The molecule has 18 heavy (non-hydrogen) atoms. The highest BCUT2D eigenvalue weighted by Gasteiger charge is 2.20. The van der Waals surface area contributed by atoms with Crippen LogP contribution in [0.1, 0.15) is 45.4 Å². The van der Waals surface area contributed by atoms with Crippen LogP contribution in [0, 0.1) is 5.92 Å². The van der Waals surface area contributed by atoms with E-state index in [1.807, 2.05) is 0 Å². The molecular formula is C13H24N2O3. The molecule has 0 heterocycles. The van der Waals surface area contributed by atoms with Crippen molar-refractivity contribution < 1.29 is 14.7 Å². The molecule has 0 bridgehead atoms. The topological polar surface area (TPSA) is 78.4 Å². The first-order valence-electron chi connectivity index (χ1n) is 6.82. The summed E-state index contributed by atoms with van der Waals surface area (Å²) in [6, 6.07) is 0. The Morgan fingerprint density at radius 1 is 1.22 bits per heavy atom. The van der Waals surface area contributed by atoms with E-state index in [0.717, 1.165) is 25.7 Å². The van der Waals surface area contributed by atoms with Gasteiger partial charge in [-0.05, 0) is 19.8 Å². The zero-order chi connectivity index (χ0) is 13.4. The standard InChI is InChI=1S/C13H24N2O3/c1-10(16)9-15-12(17)7-8-14-13(18)11-5-3-2-4-6-11/h10-11,16H,2-9H2,1H3,(H,14,18)(H,15,17). The fourth-order valence-electron chi connectivity index (χ4n) is 2.16. The van der Waals surface area contributed by atoms with Gasteiger partial charge >= 0.3 is 0 Å². The molecule has 5 heteroatoms. The number of aliphatic hydroxyl groups is 1. The quantitative estimate of drug-likeness (QED) is 0.650. The molecule has 5 nitrogen and oxygen atoms in total. The predicted octanol–water partition coefficient (Wildman–Crippen LogP) is 0.570. The highest BCUT2D eigenvalue weighted by molar-refractivity contribution is 5.80. The van der Waals surface area contributed by atoms with Crippen LogP contribution >= 0.6 is 0 Å². The van der Waals surface area contributed by atoms with Gasteiger partial charge in [0.15, 0.2) is 0 Å². The predicted molar refractivity (Wildman–Crippen MR) is 68.9 cm³/mol. The Hall–Kier alpha value is -1.10. The van der Waals surface area contributed by atoms with Crippen molar-refractivity contribution in [2.75, 3.05) is 13.1 Å². The zero-order valence-electron chi connectivity index (χ0n) is 11.1. The molecular weight excluding hydrogens is 232 g/mol. The molecule has 1 saturated carbocycles. The summed E-state index contributed by atoms with van der Waals surface area (Å²) >= 11 is 0. The van der Waals surface area contributed by atoms with Crippen molar-refractivity contribution in [3.63, 3.8) is 0 Å². The van der Waals surface area contributed by atoms with Crippen molar-refractivity contribution in [2.45, 2.75) is 51.6 Å². The van der Waals surface area contributed by atoms with E-state index in [-0.39, 0.29) is 30.7 Å². The van der Waals surface area contributed by atoms with E-state index in [0.29, 0.717) is 6.54 Å². The summed E-state index contributed by atoms with van der Waals surface area (Å²) in [7, 11) is 0. The van der Waals surface area contributed by atoms with Gasteiger partial charge in [-0.3, -0.25) is 9.59 Å². The van der Waals surface area contributed by atoms with Gasteiger partial charge in [0, 0.05) is 25.4 Å². The van der Waals surface area contributed by atoms with Crippen LogP contribution in [0.25, 0.3) is 0 Å². The van der Waals surface area contributed by atoms with E-state index >= 15 is 0 Å². The number of carbonyl (C=O) groups excluding carboxylic acids is 2. The Bertz CT molecular complexity index is 273. The first-order valence-corrected chi connectivity index (χ1v) is 6.82. The van der Waals surface area contributed by atoms with Gasteiger partial charge in [0.2, 0.25) is 11.8 Å². The minimum atomic E-state index is -0.536. The van der Waals surface area contributed by atoms with Crippen LogP contribution in [0.5, 0.6) is 0 Å². The summed E-state index contributed by atoms with van der Waals surface area (Å²) in [6.07, 6.45) is 5.17. The molecule has 3 N–H and O–H groups in total. The molecule has 1 atom stereocenters.